The van der Waals surface area contributed by atoms with Crippen LogP contribution < -0.4 is 0 Å². The molecule has 53 heavy (non-hydrogen) atoms. The molecule has 1 saturated heterocycles. The highest BCUT2D eigenvalue weighted by atomic mass is 16.7. The van der Waals surface area contributed by atoms with Gasteiger partial charge in [0.15, 0.2) is 0 Å². The van der Waals surface area contributed by atoms with Crippen molar-refractivity contribution in [2.75, 3.05) is 6.54 Å². The number of hydrogen-bond acceptors (Lipinski definition) is 7. The number of ether oxygens (including phenoxy) is 2. The zero-order chi connectivity index (χ0) is 40.8. The maximum Gasteiger partial charge on any atom is 0.308 e. The van der Waals surface area contributed by atoms with Crippen molar-refractivity contribution in [3.63, 3.8) is 0 Å². The fourth-order valence-electron chi connectivity index (χ4n) is 10.1. The Labute approximate surface area is 322 Å². The van der Waals surface area contributed by atoms with Crippen LogP contribution in [0.4, 0.5) is 0 Å². The Morgan fingerprint density at radius 3 is 1.55 bits per heavy atom. The van der Waals surface area contributed by atoms with Crippen LogP contribution in [0.1, 0.15) is 153 Å². The van der Waals surface area contributed by atoms with Gasteiger partial charge in [0.05, 0.1) is 0 Å². The molecule has 298 valence electrons. The van der Waals surface area contributed by atoms with E-state index in [0.717, 1.165) is 22.3 Å². The second-order valence-corrected chi connectivity index (χ2v) is 21.1. The molecule has 0 bridgehead atoms. The molecule has 0 spiro atoms. The van der Waals surface area contributed by atoms with Crippen LogP contribution in [-0.4, -0.2) is 56.6 Å². The summed E-state index contributed by atoms with van der Waals surface area (Å²) < 4.78 is 12.5. The van der Waals surface area contributed by atoms with Crippen molar-refractivity contribution < 1.29 is 29.3 Å². The summed E-state index contributed by atoms with van der Waals surface area (Å²) in [7, 11) is 0. The number of phenolic OH excluding ortho intramolecular Hbond substituents is 1. The number of aryl methyl sites for hydroxylation is 2. The van der Waals surface area contributed by atoms with Crippen LogP contribution in [0.5, 0.6) is 5.75 Å². The topological polar surface area (TPSA) is 96.3 Å². The molecule has 1 aliphatic heterocycles. The third-order valence-electron chi connectivity index (χ3n) is 11.3. The minimum Gasteiger partial charge on any atom is -0.507 e. The molecule has 3 atom stereocenters. The maximum atomic E-state index is 13.7. The van der Waals surface area contributed by atoms with Gasteiger partial charge in [-0.25, -0.2) is 0 Å². The van der Waals surface area contributed by atoms with Crippen LogP contribution in [0, 0.1) is 22.7 Å². The molecular formula is C46H73NO6. The van der Waals surface area contributed by atoms with Crippen LogP contribution in [0.2, 0.25) is 0 Å². The molecule has 1 heterocycles. The summed E-state index contributed by atoms with van der Waals surface area (Å²) >= 11 is 0. The fourth-order valence-corrected chi connectivity index (χ4v) is 10.1. The quantitative estimate of drug-likeness (QED) is 0.185. The Hall–Kier alpha value is -2.90. The first-order valence-electron chi connectivity index (χ1n) is 19.7. The highest BCUT2D eigenvalue weighted by molar-refractivity contribution is 5.71. The van der Waals surface area contributed by atoms with Gasteiger partial charge in [-0.15, -0.1) is 0 Å². The van der Waals surface area contributed by atoms with Crippen molar-refractivity contribution in [3.8, 4) is 5.75 Å². The van der Waals surface area contributed by atoms with Gasteiger partial charge in [-0.05, 0) is 91.4 Å². The number of benzene rings is 2. The average molecular weight is 736 g/mol. The van der Waals surface area contributed by atoms with E-state index < -0.39 is 51.6 Å². The number of carbonyl (C=O) groups excluding carboxylic acids is 2. The van der Waals surface area contributed by atoms with E-state index in [2.05, 4.69) is 116 Å². The number of aromatic hydroxyl groups is 1. The van der Waals surface area contributed by atoms with Gasteiger partial charge in [0.25, 0.3) is 0 Å². The summed E-state index contributed by atoms with van der Waals surface area (Å²) in [6.45, 7) is 35.9. The minimum atomic E-state index is -1.78. The first kappa shape index (κ1) is 44.5. The largest absolute Gasteiger partial charge is 0.507 e. The Kier molecular flexibility index (Phi) is 12.9. The normalized spacial score (nSPS) is 23.0. The van der Waals surface area contributed by atoms with E-state index >= 15 is 0 Å². The first-order chi connectivity index (χ1) is 23.8. The molecule has 0 aromatic heterocycles. The number of phenols is 1. The van der Waals surface area contributed by atoms with E-state index in [1.807, 2.05) is 49.4 Å². The number of carbonyl (C=O) groups is 2. The van der Waals surface area contributed by atoms with Crippen LogP contribution in [0.3, 0.4) is 0 Å². The Balaban J connectivity index is 1.91. The number of hydrogen-bond donors (Lipinski definition) is 2. The second-order valence-electron chi connectivity index (χ2n) is 21.1. The van der Waals surface area contributed by atoms with Crippen molar-refractivity contribution in [2.45, 2.75) is 177 Å². The van der Waals surface area contributed by atoms with Crippen molar-refractivity contribution in [1.82, 2.24) is 4.90 Å². The molecule has 1 fully saturated rings. The van der Waals surface area contributed by atoms with Crippen LogP contribution in [0.15, 0.2) is 42.5 Å². The molecule has 1 aliphatic rings. The van der Waals surface area contributed by atoms with Gasteiger partial charge in [0, 0.05) is 42.3 Å². The predicted molar refractivity (Wildman–Crippen MR) is 216 cm³/mol. The highest BCUT2D eigenvalue weighted by Gasteiger charge is 2.70. The molecule has 7 nitrogen and oxygen atoms in total. The summed E-state index contributed by atoms with van der Waals surface area (Å²) in [4.78, 5) is 29.5. The first-order valence-corrected chi connectivity index (χ1v) is 19.7. The number of piperidine rings is 1. The van der Waals surface area contributed by atoms with Gasteiger partial charge in [-0.2, -0.15) is 0 Å². The average Bonchev–Trinajstić information content (AvgIpc) is 2.94. The van der Waals surface area contributed by atoms with Crippen LogP contribution in [0.25, 0.3) is 0 Å². The summed E-state index contributed by atoms with van der Waals surface area (Å²) in [5.74, 6) is -3.14. The summed E-state index contributed by atoms with van der Waals surface area (Å²) in [5, 5.41) is 24.2. The van der Waals surface area contributed by atoms with E-state index in [0.29, 0.717) is 25.1 Å². The molecule has 0 aliphatic carbocycles. The molecule has 0 radical (unpaired) electrons. The number of likely N-dealkylation sites (tertiary alicyclic amines) is 1. The minimum absolute atomic E-state index is 0.163. The fraction of sp³-hybridized carbons (Fsp3) is 0.696. The SMILES string of the molecule is CC(CN1C(C)(C)C(C(C)(C)C)C(O)(OC(=O)CCc2ccccc2)C(C(C)(C)C)C1(C)C)OC(=O)CCc1cc(C(C)(C)C)c(O)c(C(C)(C)C)c1. The zero-order valence-electron chi connectivity index (χ0n) is 36.3. The maximum absolute atomic E-state index is 13.7. The van der Waals surface area contributed by atoms with E-state index in [1.54, 1.807) is 0 Å². The Morgan fingerprint density at radius 2 is 1.13 bits per heavy atom. The van der Waals surface area contributed by atoms with Gasteiger partial charge in [0.2, 0.25) is 5.79 Å². The lowest BCUT2D eigenvalue weighted by molar-refractivity contribution is -0.357. The van der Waals surface area contributed by atoms with E-state index in [4.69, 9.17) is 9.47 Å². The van der Waals surface area contributed by atoms with E-state index in [1.165, 1.54) is 0 Å². The van der Waals surface area contributed by atoms with Gasteiger partial charge in [0.1, 0.15) is 11.9 Å². The number of esters is 2. The van der Waals surface area contributed by atoms with Gasteiger partial charge < -0.3 is 19.7 Å². The summed E-state index contributed by atoms with van der Waals surface area (Å²) in [6.07, 6.45) is 0.955. The Bertz CT molecular complexity index is 1510. The number of aliphatic hydroxyl groups is 1. The van der Waals surface area contributed by atoms with Crippen molar-refractivity contribution >= 4 is 11.9 Å². The molecule has 0 saturated carbocycles. The molecule has 2 aromatic carbocycles. The smallest absolute Gasteiger partial charge is 0.308 e. The lowest BCUT2D eigenvalue weighted by Gasteiger charge is -2.69. The van der Waals surface area contributed by atoms with E-state index in [9.17, 15) is 19.8 Å². The lowest BCUT2D eigenvalue weighted by Crippen LogP contribution is -2.80. The standard InChI is InChI=1S/C46H73NO6/c1-30(52-35(48)25-24-32-27-33(40(2,3)4)37(50)34(28-32)41(5,6)7)29-47-44(14,15)38(42(8,9)10)46(51,39(43(11,12)13)45(47,16)17)53-36(49)26-23-31-21-19-18-20-22-31/h18-22,27-28,30,38-39,50-51H,23-26,29H2,1-17H3. The van der Waals surface area contributed by atoms with Crippen LogP contribution in [-0.2, 0) is 42.7 Å². The number of rotatable bonds is 10. The third-order valence-corrected chi connectivity index (χ3v) is 11.3. The number of nitrogens with zero attached hydrogens (tertiary/aromatic N) is 1. The molecule has 3 unspecified atom stereocenters. The van der Waals surface area contributed by atoms with Gasteiger partial charge in [-0.1, -0.05) is 126 Å². The highest BCUT2D eigenvalue weighted by Crippen LogP contribution is 2.61. The Morgan fingerprint density at radius 1 is 0.717 bits per heavy atom. The molecule has 2 aromatic rings. The van der Waals surface area contributed by atoms with Crippen molar-refractivity contribution in [1.29, 1.82) is 0 Å². The van der Waals surface area contributed by atoms with Crippen molar-refractivity contribution in [3.05, 3.63) is 64.7 Å². The van der Waals surface area contributed by atoms with E-state index in [-0.39, 0.29) is 29.6 Å². The summed E-state index contributed by atoms with van der Waals surface area (Å²) in [6, 6.07) is 13.9. The lowest BCUT2D eigenvalue weighted by atomic mass is 9.51. The van der Waals surface area contributed by atoms with Gasteiger partial charge >= 0.3 is 11.9 Å². The van der Waals surface area contributed by atoms with Crippen LogP contribution >= 0.6 is 0 Å². The zero-order valence-corrected chi connectivity index (χ0v) is 36.3. The van der Waals surface area contributed by atoms with Gasteiger partial charge in [-0.3, -0.25) is 14.5 Å². The molecule has 0 amide bonds. The molecular weight excluding hydrogens is 663 g/mol. The monoisotopic (exact) mass is 736 g/mol. The predicted octanol–water partition coefficient (Wildman–Crippen LogP) is 9.91. The summed E-state index contributed by atoms with van der Waals surface area (Å²) in [5.41, 5.74) is 0.962. The second kappa shape index (κ2) is 15.3. The molecule has 7 heteroatoms. The molecule has 3 rings (SSSR count). The molecule has 2 N–H and O–H groups in total. The third kappa shape index (κ3) is 10.1. The van der Waals surface area contributed by atoms with Crippen molar-refractivity contribution in [2.24, 2.45) is 22.7 Å².